The number of hydrogen-bond acceptors (Lipinski definition) is 3. The minimum absolute atomic E-state index is 0.295. The number of aryl methyl sites for hydroxylation is 1. The van der Waals surface area contributed by atoms with Crippen LogP contribution in [0.4, 0.5) is 5.69 Å². The highest BCUT2D eigenvalue weighted by Crippen LogP contribution is 2.27. The summed E-state index contributed by atoms with van der Waals surface area (Å²) in [5.41, 5.74) is 8.41. The topological polar surface area (TPSA) is 46.5 Å². The van der Waals surface area contributed by atoms with E-state index in [2.05, 4.69) is 63.5 Å². The molecule has 2 aliphatic rings. The average Bonchev–Trinajstić information content (AvgIpc) is 3.34. The fourth-order valence-corrected chi connectivity index (χ4v) is 4.71. The van der Waals surface area contributed by atoms with E-state index < -0.39 is 0 Å². The van der Waals surface area contributed by atoms with Gasteiger partial charge in [-0.3, -0.25) is 0 Å². The van der Waals surface area contributed by atoms with Gasteiger partial charge in [0, 0.05) is 29.7 Å². The number of benzene rings is 1. The van der Waals surface area contributed by atoms with Crippen molar-refractivity contribution in [2.75, 3.05) is 13.6 Å². The lowest BCUT2D eigenvalue weighted by molar-refractivity contribution is 0.287. The van der Waals surface area contributed by atoms with Crippen molar-refractivity contribution in [1.29, 1.82) is 0 Å². The van der Waals surface area contributed by atoms with Gasteiger partial charge in [-0.15, -0.1) is 11.8 Å². The normalized spacial score (nSPS) is 24.6. The average molecular weight is 355 g/mol. The van der Waals surface area contributed by atoms with Crippen molar-refractivity contribution < 1.29 is 0 Å². The van der Waals surface area contributed by atoms with Crippen molar-refractivity contribution in [3.05, 3.63) is 41.9 Å². The van der Waals surface area contributed by atoms with Crippen molar-refractivity contribution >= 4 is 34.2 Å². The zero-order valence-corrected chi connectivity index (χ0v) is 15.6. The minimum atomic E-state index is 0.295. The van der Waals surface area contributed by atoms with Gasteiger partial charge in [0.1, 0.15) is 5.84 Å². The van der Waals surface area contributed by atoms with Crippen molar-refractivity contribution in [1.82, 2.24) is 9.47 Å². The van der Waals surface area contributed by atoms with Gasteiger partial charge in [-0.1, -0.05) is 6.08 Å². The first-order valence-corrected chi connectivity index (χ1v) is 10.1. The third-order valence-electron chi connectivity index (χ3n) is 5.41. The van der Waals surface area contributed by atoms with Gasteiger partial charge in [-0.05, 0) is 68.9 Å². The van der Waals surface area contributed by atoms with Crippen LogP contribution in [-0.2, 0) is 6.54 Å². The molecule has 1 fully saturated rings. The highest BCUT2D eigenvalue weighted by molar-refractivity contribution is 8.03. The molecular weight excluding hydrogens is 328 g/mol. The molecule has 2 aliphatic heterocycles. The summed E-state index contributed by atoms with van der Waals surface area (Å²) in [6, 6.07) is 9.33. The molecule has 2 unspecified atom stereocenters. The molecule has 0 amide bonds. The molecule has 0 aliphatic carbocycles. The molecule has 0 saturated carbocycles. The highest BCUT2D eigenvalue weighted by atomic mass is 32.2. The minimum Gasteiger partial charge on any atom is -0.386 e. The Morgan fingerprint density at radius 1 is 1.36 bits per heavy atom. The number of fused-ring (bicyclic) bond motifs is 1. The monoisotopic (exact) mass is 354 g/mol. The van der Waals surface area contributed by atoms with Crippen LogP contribution >= 0.6 is 11.8 Å². The number of allylic oxidation sites excluding steroid dienone is 1. The zero-order valence-electron chi connectivity index (χ0n) is 14.8. The second-order valence-electron chi connectivity index (χ2n) is 7.09. The second-order valence-corrected chi connectivity index (χ2v) is 8.20. The molecule has 1 saturated heterocycles. The Balaban J connectivity index is 1.47. The number of aromatic nitrogens is 1. The van der Waals surface area contributed by atoms with E-state index in [9.17, 15) is 0 Å². The molecule has 25 heavy (non-hydrogen) atoms. The summed E-state index contributed by atoms with van der Waals surface area (Å²) in [7, 11) is 2.25. The molecule has 2 aromatic rings. The Hall–Kier alpha value is -1.72. The van der Waals surface area contributed by atoms with Crippen LogP contribution in [0, 0.1) is 0 Å². The Morgan fingerprint density at radius 3 is 3.04 bits per heavy atom. The number of thioether (sulfide) groups is 1. The van der Waals surface area contributed by atoms with Gasteiger partial charge in [0.2, 0.25) is 0 Å². The predicted octanol–water partition coefficient (Wildman–Crippen LogP) is 4.13. The van der Waals surface area contributed by atoms with Crippen LogP contribution in [0.5, 0.6) is 0 Å². The van der Waals surface area contributed by atoms with Gasteiger partial charge < -0.3 is 15.2 Å². The third-order valence-corrected chi connectivity index (χ3v) is 6.52. The van der Waals surface area contributed by atoms with Gasteiger partial charge in [0.25, 0.3) is 0 Å². The van der Waals surface area contributed by atoms with E-state index in [1.165, 1.54) is 36.7 Å². The van der Waals surface area contributed by atoms with Crippen LogP contribution in [0.15, 0.2) is 46.9 Å². The maximum absolute atomic E-state index is 6.17. The molecule has 0 bridgehead atoms. The van der Waals surface area contributed by atoms with E-state index in [1.807, 2.05) is 0 Å². The molecule has 2 N–H and O–H groups in total. The molecule has 0 spiro atoms. The van der Waals surface area contributed by atoms with E-state index in [0.29, 0.717) is 5.25 Å². The van der Waals surface area contributed by atoms with Gasteiger partial charge in [-0.25, -0.2) is 4.99 Å². The van der Waals surface area contributed by atoms with Gasteiger partial charge in [-0.2, -0.15) is 0 Å². The zero-order chi connectivity index (χ0) is 17.2. The predicted molar refractivity (Wildman–Crippen MR) is 109 cm³/mol. The number of hydrogen-bond donors (Lipinski definition) is 1. The van der Waals surface area contributed by atoms with E-state index in [4.69, 9.17) is 5.73 Å². The quantitative estimate of drug-likeness (QED) is 0.648. The number of aliphatic imine (C=N–C) groups is 1. The first kappa shape index (κ1) is 16.7. The van der Waals surface area contributed by atoms with Gasteiger partial charge in [0.05, 0.1) is 10.9 Å². The summed E-state index contributed by atoms with van der Waals surface area (Å²) in [4.78, 5) is 7.13. The molecule has 4 rings (SSSR count). The van der Waals surface area contributed by atoms with Crippen LogP contribution in [0.3, 0.4) is 0 Å². The summed E-state index contributed by atoms with van der Waals surface area (Å²) in [6.45, 7) is 2.32. The summed E-state index contributed by atoms with van der Waals surface area (Å²) < 4.78 is 2.37. The number of nitrogens with two attached hydrogens (primary N) is 1. The molecule has 5 heteroatoms. The largest absolute Gasteiger partial charge is 0.386 e. The fourth-order valence-electron chi connectivity index (χ4n) is 3.88. The number of rotatable bonds is 5. The molecule has 0 radical (unpaired) electrons. The number of nitrogens with zero attached hydrogens (tertiary/aromatic N) is 3. The van der Waals surface area contributed by atoms with Crippen LogP contribution in [0.2, 0.25) is 0 Å². The molecule has 2 atom stereocenters. The van der Waals surface area contributed by atoms with E-state index in [-0.39, 0.29) is 0 Å². The second kappa shape index (κ2) is 7.26. The smallest absolute Gasteiger partial charge is 0.113 e. The van der Waals surface area contributed by atoms with Crippen molar-refractivity contribution in [3.63, 3.8) is 0 Å². The molecular formula is C20H26N4S. The Morgan fingerprint density at radius 2 is 2.28 bits per heavy atom. The summed E-state index contributed by atoms with van der Waals surface area (Å²) in [5.74, 6) is 0.720. The fraction of sp³-hybridized carbons (Fsp3) is 0.450. The van der Waals surface area contributed by atoms with Crippen LogP contribution in [0.25, 0.3) is 10.9 Å². The molecule has 132 valence electrons. The first-order valence-electron chi connectivity index (χ1n) is 9.14. The lowest BCUT2D eigenvalue weighted by Crippen LogP contribution is -2.25. The highest BCUT2D eigenvalue weighted by Gasteiger charge is 2.20. The van der Waals surface area contributed by atoms with Crippen molar-refractivity contribution in [2.45, 2.75) is 43.5 Å². The van der Waals surface area contributed by atoms with Crippen LogP contribution in [-0.4, -0.2) is 40.2 Å². The summed E-state index contributed by atoms with van der Waals surface area (Å²) in [6.07, 6.45) is 9.23. The van der Waals surface area contributed by atoms with Crippen molar-refractivity contribution in [3.8, 4) is 0 Å². The summed E-state index contributed by atoms with van der Waals surface area (Å²) >= 11 is 1.75. The summed E-state index contributed by atoms with van der Waals surface area (Å²) in [5, 5.41) is 3.65. The standard InChI is InChI=1S/C20H26N4S/c1-23-10-2-4-17(23)9-12-24-11-8-15-14-16(6-7-18(15)24)22-20(21)19-5-3-13-25-19/h3,6-8,11,13-14,17,19H,2,4-5,9-10,12H2,1H3,(H2,21,22). The molecule has 1 aromatic heterocycles. The van der Waals surface area contributed by atoms with Crippen molar-refractivity contribution in [2.24, 2.45) is 10.7 Å². The Labute approximate surface area is 153 Å². The molecule has 1 aromatic carbocycles. The first-order chi connectivity index (χ1) is 12.2. The Kier molecular flexibility index (Phi) is 4.86. The molecule has 4 nitrogen and oxygen atoms in total. The van der Waals surface area contributed by atoms with Crippen LogP contribution in [0.1, 0.15) is 25.7 Å². The number of amidine groups is 1. The molecule has 3 heterocycles. The maximum Gasteiger partial charge on any atom is 0.113 e. The SMILES string of the molecule is CN1CCCC1CCn1ccc2cc(N=C(N)C3CC=CS3)ccc21. The Bertz CT molecular complexity index is 799. The van der Waals surface area contributed by atoms with Gasteiger partial charge in [0.15, 0.2) is 0 Å². The van der Waals surface area contributed by atoms with Crippen LogP contribution < -0.4 is 5.73 Å². The lowest BCUT2D eigenvalue weighted by atomic mass is 10.1. The van der Waals surface area contributed by atoms with E-state index in [0.717, 1.165) is 30.5 Å². The van der Waals surface area contributed by atoms with E-state index in [1.54, 1.807) is 11.8 Å². The number of likely N-dealkylation sites (tertiary alicyclic amines) is 1. The van der Waals surface area contributed by atoms with Gasteiger partial charge >= 0.3 is 0 Å². The third kappa shape index (κ3) is 3.62. The maximum atomic E-state index is 6.17. The lowest BCUT2D eigenvalue weighted by Gasteiger charge is -2.19. The van der Waals surface area contributed by atoms with E-state index >= 15 is 0 Å².